The summed E-state index contributed by atoms with van der Waals surface area (Å²) in [7, 11) is -4.49. The van der Waals surface area contributed by atoms with Crippen molar-refractivity contribution in [3.63, 3.8) is 0 Å². The molecule has 0 aliphatic carbocycles. The summed E-state index contributed by atoms with van der Waals surface area (Å²) < 4.78 is 90.6. The predicted molar refractivity (Wildman–Crippen MR) is 171 cm³/mol. The van der Waals surface area contributed by atoms with E-state index in [0.717, 1.165) is 44.1 Å². The molecule has 3 N–H and O–H groups in total. The van der Waals surface area contributed by atoms with Gasteiger partial charge in [0, 0.05) is 35.8 Å². The number of halogens is 4. The van der Waals surface area contributed by atoms with Gasteiger partial charge >= 0.3 is 6.18 Å². The lowest BCUT2D eigenvalue weighted by atomic mass is 10.0. The third kappa shape index (κ3) is 7.28. The van der Waals surface area contributed by atoms with Gasteiger partial charge in [0.1, 0.15) is 11.6 Å². The molecule has 244 valence electrons. The fraction of sp³-hybridized carbons (Fsp3) is 0.242. The molecule has 3 heterocycles. The van der Waals surface area contributed by atoms with Crippen molar-refractivity contribution >= 4 is 32.4 Å². The third-order valence-corrected chi connectivity index (χ3v) is 8.96. The number of hydrogen-bond acceptors (Lipinski definition) is 8. The van der Waals surface area contributed by atoms with E-state index in [1.165, 1.54) is 24.3 Å². The Morgan fingerprint density at radius 2 is 1.79 bits per heavy atom. The summed E-state index contributed by atoms with van der Waals surface area (Å²) in [5, 5.41) is 7.20. The number of alkyl halides is 3. The summed E-state index contributed by atoms with van der Waals surface area (Å²) in [6.07, 6.45) is 0.450. The van der Waals surface area contributed by atoms with Gasteiger partial charge in [0.15, 0.2) is 0 Å². The van der Waals surface area contributed by atoms with Gasteiger partial charge in [-0.3, -0.25) is 4.72 Å². The van der Waals surface area contributed by atoms with E-state index in [0.29, 0.717) is 28.2 Å². The number of rotatable bonds is 9. The van der Waals surface area contributed by atoms with Crippen LogP contribution in [0.5, 0.6) is 11.6 Å². The van der Waals surface area contributed by atoms with Crippen LogP contribution >= 0.6 is 0 Å². The first kappa shape index (κ1) is 32.1. The van der Waals surface area contributed by atoms with E-state index in [1.807, 2.05) is 0 Å². The number of nitrogens with one attached hydrogen (secondary N) is 3. The van der Waals surface area contributed by atoms with Gasteiger partial charge < -0.3 is 15.4 Å². The number of aryl methyl sites for hydroxylation is 1. The van der Waals surface area contributed by atoms with Gasteiger partial charge in [-0.25, -0.2) is 27.8 Å². The minimum atomic E-state index is -4.76. The summed E-state index contributed by atoms with van der Waals surface area (Å²) in [6.45, 7) is 3.54. The van der Waals surface area contributed by atoms with Gasteiger partial charge in [0.2, 0.25) is 21.9 Å². The summed E-state index contributed by atoms with van der Waals surface area (Å²) in [4.78, 5) is 13.5. The molecule has 0 bridgehead atoms. The first-order valence-electron chi connectivity index (χ1n) is 14.8. The van der Waals surface area contributed by atoms with E-state index in [4.69, 9.17) is 4.74 Å². The highest BCUT2D eigenvalue weighted by Crippen LogP contribution is 2.40. The average Bonchev–Trinajstić information content (AvgIpc) is 3.04. The van der Waals surface area contributed by atoms with Crippen molar-refractivity contribution in [3.8, 4) is 22.9 Å². The van der Waals surface area contributed by atoms with Gasteiger partial charge in [0.05, 0.1) is 28.3 Å². The number of hydrogen-bond donors (Lipinski definition) is 3. The van der Waals surface area contributed by atoms with Crippen LogP contribution < -0.4 is 20.1 Å². The number of anilines is 2. The van der Waals surface area contributed by atoms with Crippen molar-refractivity contribution in [2.45, 2.75) is 37.7 Å². The van der Waals surface area contributed by atoms with Crippen LogP contribution in [0.25, 0.3) is 22.0 Å². The van der Waals surface area contributed by atoms with E-state index in [2.05, 4.69) is 30.3 Å². The minimum Gasteiger partial charge on any atom is -0.437 e. The Balaban J connectivity index is 1.33. The quantitative estimate of drug-likeness (QED) is 0.143. The SMILES string of the molecule is Cc1ccc2c(NS(=O)(=O)Cc3ccccc3C(F)(F)F)c(F)ccc2c1Oc1ncccc1-c1ccnc(N[C@H]2CCCNC2)n1. The molecule has 1 aliphatic rings. The van der Waals surface area contributed by atoms with Crippen LogP contribution in [0.4, 0.5) is 29.2 Å². The van der Waals surface area contributed by atoms with Crippen molar-refractivity contribution in [2.24, 2.45) is 0 Å². The van der Waals surface area contributed by atoms with Gasteiger partial charge in [-0.2, -0.15) is 13.2 Å². The molecule has 6 rings (SSSR count). The molecule has 3 aromatic carbocycles. The number of nitrogens with zero attached hydrogens (tertiary/aromatic N) is 3. The highest BCUT2D eigenvalue weighted by atomic mass is 32.2. The van der Waals surface area contributed by atoms with Crippen molar-refractivity contribution in [2.75, 3.05) is 23.1 Å². The first-order chi connectivity index (χ1) is 22.5. The Hall–Kier alpha value is -4.82. The highest BCUT2D eigenvalue weighted by molar-refractivity contribution is 7.91. The zero-order valence-corrected chi connectivity index (χ0v) is 25.9. The molecule has 0 radical (unpaired) electrons. The Labute approximate surface area is 268 Å². The summed E-state index contributed by atoms with van der Waals surface area (Å²) in [5.74, 6) is -0.989. The number of benzene rings is 3. The lowest BCUT2D eigenvalue weighted by molar-refractivity contribution is -0.138. The Morgan fingerprint density at radius 1 is 0.979 bits per heavy atom. The van der Waals surface area contributed by atoms with Crippen LogP contribution in [-0.2, 0) is 22.0 Å². The van der Waals surface area contributed by atoms with Crippen LogP contribution in [0.3, 0.4) is 0 Å². The molecule has 0 amide bonds. The molecule has 1 fully saturated rings. The van der Waals surface area contributed by atoms with Gasteiger partial charge in [0.25, 0.3) is 0 Å². The number of sulfonamides is 1. The van der Waals surface area contributed by atoms with E-state index in [9.17, 15) is 21.6 Å². The molecule has 0 unspecified atom stereocenters. The zero-order chi connectivity index (χ0) is 33.2. The average molecular weight is 667 g/mol. The number of fused-ring (bicyclic) bond motifs is 1. The molecule has 47 heavy (non-hydrogen) atoms. The van der Waals surface area contributed by atoms with Crippen LogP contribution in [0.1, 0.15) is 29.5 Å². The van der Waals surface area contributed by atoms with Crippen molar-refractivity contribution in [3.05, 3.63) is 102 Å². The van der Waals surface area contributed by atoms with Gasteiger partial charge in [-0.05, 0) is 73.8 Å². The predicted octanol–water partition coefficient (Wildman–Crippen LogP) is 7.06. The Kier molecular flexibility index (Phi) is 8.97. The molecular weight excluding hydrogens is 636 g/mol. The van der Waals surface area contributed by atoms with Crippen molar-refractivity contribution < 1.29 is 30.7 Å². The van der Waals surface area contributed by atoms with Gasteiger partial charge in [-0.15, -0.1) is 0 Å². The van der Waals surface area contributed by atoms with Crippen LogP contribution in [0, 0.1) is 12.7 Å². The lowest BCUT2D eigenvalue weighted by Crippen LogP contribution is -2.38. The third-order valence-electron chi connectivity index (χ3n) is 7.75. The molecule has 9 nitrogen and oxygen atoms in total. The number of aromatic nitrogens is 3. The maximum atomic E-state index is 15.2. The monoisotopic (exact) mass is 666 g/mol. The molecular formula is C33H30F4N6O3S. The minimum absolute atomic E-state index is 0.144. The standard InChI is InChI=1S/C33H30F4N6O3S/c1-20-10-11-23-24(12-13-27(34)29(23)43-47(44,45)19-21-6-2-3-9-26(21)33(35,36)37)30(20)46-31-25(8-5-16-39-31)28-14-17-40-32(42-28)41-22-7-4-15-38-18-22/h2-3,5-6,8-14,16-17,22,38,43H,4,7,15,18-19H2,1H3,(H,40,41,42)/t22-/m0/s1. The maximum absolute atomic E-state index is 15.2. The van der Waals surface area contributed by atoms with E-state index < -0.39 is 44.6 Å². The maximum Gasteiger partial charge on any atom is 0.416 e. The second-order valence-corrected chi connectivity index (χ2v) is 12.9. The first-order valence-corrected chi connectivity index (χ1v) is 16.4. The van der Waals surface area contributed by atoms with Crippen LogP contribution in [-0.4, -0.2) is 42.5 Å². The second kappa shape index (κ2) is 13.1. The molecule has 0 spiro atoms. The van der Waals surface area contributed by atoms with E-state index in [-0.39, 0.29) is 23.1 Å². The van der Waals surface area contributed by atoms with E-state index in [1.54, 1.807) is 43.6 Å². The zero-order valence-electron chi connectivity index (χ0n) is 25.1. The number of piperidine rings is 1. The number of ether oxygens (including phenoxy) is 1. The molecule has 1 atom stereocenters. The van der Waals surface area contributed by atoms with Crippen molar-refractivity contribution in [1.29, 1.82) is 0 Å². The molecule has 2 aromatic heterocycles. The second-order valence-electron chi connectivity index (χ2n) is 11.2. The molecule has 1 saturated heterocycles. The summed E-state index contributed by atoms with van der Waals surface area (Å²) >= 11 is 0. The highest BCUT2D eigenvalue weighted by Gasteiger charge is 2.34. The fourth-order valence-electron chi connectivity index (χ4n) is 5.52. The topological polar surface area (TPSA) is 118 Å². The fourth-order valence-corrected chi connectivity index (χ4v) is 6.77. The molecule has 5 aromatic rings. The van der Waals surface area contributed by atoms with E-state index >= 15 is 4.39 Å². The Bertz CT molecular complexity index is 2040. The summed E-state index contributed by atoms with van der Waals surface area (Å²) in [6, 6.07) is 15.4. The summed E-state index contributed by atoms with van der Waals surface area (Å²) in [5.41, 5.74) is -0.216. The van der Waals surface area contributed by atoms with Gasteiger partial charge in [-0.1, -0.05) is 30.3 Å². The molecule has 0 saturated carbocycles. The molecule has 1 aliphatic heterocycles. The van der Waals surface area contributed by atoms with Crippen LogP contribution in [0.15, 0.2) is 79.1 Å². The van der Waals surface area contributed by atoms with Crippen LogP contribution in [0.2, 0.25) is 0 Å². The normalized spacial score (nSPS) is 15.4. The largest absolute Gasteiger partial charge is 0.437 e. The van der Waals surface area contributed by atoms with Crippen molar-refractivity contribution in [1.82, 2.24) is 20.3 Å². The smallest absolute Gasteiger partial charge is 0.416 e. The Morgan fingerprint density at radius 3 is 2.57 bits per heavy atom. The number of pyridine rings is 1. The molecule has 14 heteroatoms. The lowest BCUT2D eigenvalue weighted by Gasteiger charge is -2.23.